The van der Waals surface area contributed by atoms with E-state index in [1.807, 2.05) is 0 Å². The smallest absolute Gasteiger partial charge is 0.162 e. The highest BCUT2D eigenvalue weighted by molar-refractivity contribution is 7.80. The number of hydrogen-bond acceptors (Lipinski definition) is 4. The van der Waals surface area contributed by atoms with Gasteiger partial charge in [0.25, 0.3) is 0 Å². The number of benzene rings is 1. The summed E-state index contributed by atoms with van der Waals surface area (Å²) >= 11 is 4.40. The Morgan fingerprint density at radius 3 is 2.67 bits per heavy atom. The monoisotopic (exact) mass is 263 g/mol. The number of thiol groups is 1. The highest BCUT2D eigenvalue weighted by Gasteiger charge is 2.36. The first-order valence-electron chi connectivity index (χ1n) is 6.05. The number of rotatable bonds is 5. The van der Waals surface area contributed by atoms with Gasteiger partial charge < -0.3 is 9.47 Å². The van der Waals surface area contributed by atoms with Gasteiger partial charge in [-0.05, 0) is 30.7 Å². The molecule has 1 aliphatic rings. The summed E-state index contributed by atoms with van der Waals surface area (Å²) in [5, 5.41) is 8.84. The van der Waals surface area contributed by atoms with E-state index in [2.05, 4.69) is 18.7 Å². The largest absolute Gasteiger partial charge is 0.493 e. The van der Waals surface area contributed by atoms with Crippen LogP contribution in [-0.4, -0.2) is 19.5 Å². The van der Waals surface area contributed by atoms with Gasteiger partial charge in [0.15, 0.2) is 11.5 Å². The molecule has 1 aliphatic carbocycles. The number of nitrogens with zero attached hydrogens (tertiary/aromatic N) is 1. The lowest BCUT2D eigenvalue weighted by Crippen LogP contribution is -2.37. The number of nitriles is 1. The van der Waals surface area contributed by atoms with Crippen molar-refractivity contribution in [1.82, 2.24) is 0 Å². The lowest BCUT2D eigenvalue weighted by molar-refractivity contribution is 0.0812. The number of methoxy groups -OCH3 is 1. The average molecular weight is 263 g/mol. The third-order valence-corrected chi connectivity index (χ3v) is 4.25. The Kier molecular flexibility index (Phi) is 4.03. The van der Waals surface area contributed by atoms with Crippen molar-refractivity contribution in [2.45, 2.75) is 19.3 Å². The second kappa shape index (κ2) is 5.53. The predicted octanol–water partition coefficient (Wildman–Crippen LogP) is 3.05. The summed E-state index contributed by atoms with van der Waals surface area (Å²) in [5.74, 6) is 2.17. The Morgan fingerprint density at radius 1 is 1.39 bits per heavy atom. The van der Waals surface area contributed by atoms with Crippen LogP contribution in [0.4, 0.5) is 0 Å². The summed E-state index contributed by atoms with van der Waals surface area (Å²) in [4.78, 5) is 0. The maximum absolute atomic E-state index is 8.84. The first kappa shape index (κ1) is 13.1. The molecule has 0 saturated heterocycles. The maximum Gasteiger partial charge on any atom is 0.162 e. The number of hydrogen-bond donors (Lipinski definition) is 1. The van der Waals surface area contributed by atoms with Crippen molar-refractivity contribution in [3.8, 4) is 17.6 Å². The minimum Gasteiger partial charge on any atom is -0.493 e. The van der Waals surface area contributed by atoms with E-state index >= 15 is 0 Å². The second-order valence-electron chi connectivity index (χ2n) is 4.78. The van der Waals surface area contributed by atoms with Gasteiger partial charge in [0, 0.05) is 11.5 Å². The van der Waals surface area contributed by atoms with Crippen molar-refractivity contribution in [3.05, 3.63) is 23.8 Å². The summed E-state index contributed by atoms with van der Waals surface area (Å²) in [5.41, 5.74) is 0.800. The fourth-order valence-electron chi connectivity index (χ4n) is 2.11. The molecule has 18 heavy (non-hydrogen) atoms. The molecule has 1 fully saturated rings. The molecule has 0 N–H and O–H groups in total. The van der Waals surface area contributed by atoms with Crippen molar-refractivity contribution >= 4 is 12.6 Å². The van der Waals surface area contributed by atoms with Crippen molar-refractivity contribution < 1.29 is 9.47 Å². The Hall–Kier alpha value is -1.34. The Balaban J connectivity index is 2.07. The van der Waals surface area contributed by atoms with Crippen LogP contribution in [0.1, 0.15) is 24.8 Å². The van der Waals surface area contributed by atoms with Crippen molar-refractivity contribution in [2.75, 3.05) is 19.5 Å². The number of ether oxygens (including phenoxy) is 2. The van der Waals surface area contributed by atoms with Gasteiger partial charge >= 0.3 is 0 Å². The lowest BCUT2D eigenvalue weighted by Gasteiger charge is -2.40. The molecule has 4 heteroatoms. The molecule has 0 atom stereocenters. The standard InChI is InChI=1S/C14H17NO2S/c1-16-13-7-11(8-15)3-4-12(13)17-9-14(10-18)5-2-6-14/h3-4,7,18H,2,5-6,9-10H2,1H3. The fourth-order valence-corrected chi connectivity index (χ4v) is 2.52. The van der Waals surface area contributed by atoms with E-state index < -0.39 is 0 Å². The van der Waals surface area contributed by atoms with Crippen LogP contribution in [0.15, 0.2) is 18.2 Å². The maximum atomic E-state index is 8.84. The first-order valence-corrected chi connectivity index (χ1v) is 6.68. The zero-order valence-corrected chi connectivity index (χ0v) is 11.4. The molecule has 0 aromatic heterocycles. The third kappa shape index (κ3) is 2.56. The fraction of sp³-hybridized carbons (Fsp3) is 0.500. The predicted molar refractivity (Wildman–Crippen MR) is 73.3 cm³/mol. The van der Waals surface area contributed by atoms with Gasteiger partial charge in [-0.2, -0.15) is 17.9 Å². The van der Waals surface area contributed by atoms with Crippen molar-refractivity contribution in [2.24, 2.45) is 5.41 Å². The lowest BCUT2D eigenvalue weighted by atomic mass is 9.71. The summed E-state index contributed by atoms with van der Waals surface area (Å²) in [6, 6.07) is 7.32. The van der Waals surface area contributed by atoms with E-state index in [4.69, 9.17) is 14.7 Å². The molecule has 2 rings (SSSR count). The SMILES string of the molecule is COc1cc(C#N)ccc1OCC1(CS)CCC1. The zero-order valence-electron chi connectivity index (χ0n) is 10.5. The van der Waals surface area contributed by atoms with Crippen molar-refractivity contribution in [1.29, 1.82) is 5.26 Å². The zero-order chi connectivity index (χ0) is 13.0. The molecule has 3 nitrogen and oxygen atoms in total. The highest BCUT2D eigenvalue weighted by atomic mass is 32.1. The summed E-state index contributed by atoms with van der Waals surface area (Å²) in [7, 11) is 1.58. The van der Waals surface area contributed by atoms with E-state index in [9.17, 15) is 0 Å². The molecule has 96 valence electrons. The van der Waals surface area contributed by atoms with Crippen LogP contribution in [0.5, 0.6) is 11.5 Å². The molecule has 1 saturated carbocycles. The third-order valence-electron chi connectivity index (χ3n) is 3.58. The van der Waals surface area contributed by atoms with Crippen LogP contribution in [0, 0.1) is 16.7 Å². The van der Waals surface area contributed by atoms with Crippen LogP contribution in [0.3, 0.4) is 0 Å². The molecule has 1 aromatic carbocycles. The van der Waals surface area contributed by atoms with Crippen LogP contribution in [0.2, 0.25) is 0 Å². The van der Waals surface area contributed by atoms with Crippen LogP contribution >= 0.6 is 12.6 Å². The molecule has 0 heterocycles. The Labute approximate surface area is 113 Å². The summed E-state index contributed by atoms with van der Waals surface area (Å²) in [6.45, 7) is 0.665. The van der Waals surface area contributed by atoms with Gasteiger partial charge in [0.05, 0.1) is 25.3 Å². The van der Waals surface area contributed by atoms with E-state index in [0.717, 1.165) is 5.75 Å². The van der Waals surface area contributed by atoms with E-state index in [0.29, 0.717) is 23.7 Å². The molecule has 0 aliphatic heterocycles. The van der Waals surface area contributed by atoms with Crippen LogP contribution in [0.25, 0.3) is 0 Å². The molecule has 0 unspecified atom stereocenters. The van der Waals surface area contributed by atoms with Gasteiger partial charge in [-0.3, -0.25) is 0 Å². The van der Waals surface area contributed by atoms with E-state index in [-0.39, 0.29) is 5.41 Å². The first-order chi connectivity index (χ1) is 8.73. The Morgan fingerprint density at radius 2 is 2.17 bits per heavy atom. The summed E-state index contributed by atoms with van der Waals surface area (Å²) in [6.07, 6.45) is 3.61. The quantitative estimate of drug-likeness (QED) is 0.830. The normalized spacial score (nSPS) is 16.5. The van der Waals surface area contributed by atoms with Crippen molar-refractivity contribution in [3.63, 3.8) is 0 Å². The minimum atomic E-state index is 0.224. The topological polar surface area (TPSA) is 42.2 Å². The minimum absolute atomic E-state index is 0.224. The van der Waals surface area contributed by atoms with Gasteiger partial charge in [0.1, 0.15) is 0 Å². The highest BCUT2D eigenvalue weighted by Crippen LogP contribution is 2.42. The second-order valence-corrected chi connectivity index (χ2v) is 5.09. The summed E-state index contributed by atoms with van der Waals surface area (Å²) < 4.78 is 11.1. The van der Waals surface area contributed by atoms with Gasteiger partial charge in [-0.15, -0.1) is 0 Å². The van der Waals surface area contributed by atoms with Gasteiger partial charge in [-0.1, -0.05) is 6.42 Å². The molecular formula is C14H17NO2S. The Bertz CT molecular complexity index is 458. The molecule has 0 amide bonds. The average Bonchev–Trinajstić information content (AvgIpc) is 2.38. The molecule has 0 spiro atoms. The molecular weight excluding hydrogens is 246 g/mol. The van der Waals surface area contributed by atoms with Crippen LogP contribution < -0.4 is 9.47 Å². The molecule has 0 bridgehead atoms. The van der Waals surface area contributed by atoms with E-state index in [1.165, 1.54) is 19.3 Å². The molecule has 0 radical (unpaired) electrons. The molecule has 1 aromatic rings. The van der Waals surface area contributed by atoms with Gasteiger partial charge in [-0.25, -0.2) is 0 Å². The van der Waals surface area contributed by atoms with Crippen LogP contribution in [-0.2, 0) is 0 Å². The van der Waals surface area contributed by atoms with Gasteiger partial charge in [0.2, 0.25) is 0 Å². The van der Waals surface area contributed by atoms with E-state index in [1.54, 1.807) is 25.3 Å².